The maximum absolute atomic E-state index is 13.0. The number of imide groups is 2. The van der Waals surface area contributed by atoms with Crippen molar-refractivity contribution in [3.8, 4) is 0 Å². The molecule has 2 aromatic rings. The molecule has 9 nitrogen and oxygen atoms in total. The van der Waals surface area contributed by atoms with Crippen molar-refractivity contribution in [2.45, 2.75) is 32.0 Å². The third-order valence-electron chi connectivity index (χ3n) is 5.23. The molecule has 31 heavy (non-hydrogen) atoms. The molecule has 0 aromatic heterocycles. The predicted octanol–water partition coefficient (Wildman–Crippen LogP) is 1.51. The fourth-order valence-electron chi connectivity index (χ4n) is 3.72. The molecule has 0 bridgehead atoms. The van der Waals surface area contributed by atoms with E-state index in [0.717, 1.165) is 5.56 Å². The third kappa shape index (κ3) is 4.16. The molecule has 5 amide bonds. The van der Waals surface area contributed by atoms with Gasteiger partial charge in [-0.25, -0.2) is 4.79 Å². The van der Waals surface area contributed by atoms with Gasteiger partial charge in [-0.2, -0.15) is 0 Å². The summed E-state index contributed by atoms with van der Waals surface area (Å²) >= 11 is 0. The van der Waals surface area contributed by atoms with Gasteiger partial charge < -0.3 is 9.64 Å². The average molecular weight is 421 g/mol. The number of hydrogen-bond acceptors (Lipinski definition) is 6. The maximum Gasteiger partial charge on any atom is 0.414 e. The molecule has 0 radical (unpaired) electrons. The summed E-state index contributed by atoms with van der Waals surface area (Å²) < 4.78 is 5.06. The number of rotatable bonds is 4. The Morgan fingerprint density at radius 2 is 1.84 bits per heavy atom. The van der Waals surface area contributed by atoms with Gasteiger partial charge in [-0.15, -0.1) is 0 Å². The van der Waals surface area contributed by atoms with E-state index in [2.05, 4.69) is 10.6 Å². The fraction of sp³-hybridized carbons (Fsp3) is 0.227. The molecule has 9 heteroatoms. The second-order valence-corrected chi connectivity index (χ2v) is 7.26. The summed E-state index contributed by atoms with van der Waals surface area (Å²) in [7, 11) is 0. The van der Waals surface area contributed by atoms with E-state index in [9.17, 15) is 24.0 Å². The minimum absolute atomic E-state index is 0.00489. The van der Waals surface area contributed by atoms with Gasteiger partial charge in [-0.05, 0) is 23.6 Å². The van der Waals surface area contributed by atoms with E-state index in [-0.39, 0.29) is 43.0 Å². The maximum atomic E-state index is 13.0. The van der Waals surface area contributed by atoms with Crippen LogP contribution in [0.25, 0.3) is 0 Å². The Hall–Kier alpha value is -4.01. The number of carbonyl (C=O) groups excluding carboxylic acids is 5. The van der Waals surface area contributed by atoms with Crippen molar-refractivity contribution >= 4 is 29.7 Å². The van der Waals surface area contributed by atoms with Gasteiger partial charge in [-0.3, -0.25) is 29.8 Å². The van der Waals surface area contributed by atoms with Crippen molar-refractivity contribution < 1.29 is 28.7 Å². The van der Waals surface area contributed by atoms with Gasteiger partial charge in [-0.1, -0.05) is 42.5 Å². The van der Waals surface area contributed by atoms with Gasteiger partial charge >= 0.3 is 6.09 Å². The largest absolute Gasteiger partial charge is 0.444 e. The minimum atomic E-state index is -0.932. The number of alkyl carbamates (subject to hydrolysis) is 1. The lowest BCUT2D eigenvalue weighted by Gasteiger charge is -2.29. The van der Waals surface area contributed by atoms with Crippen LogP contribution in [0.2, 0.25) is 0 Å². The first kappa shape index (κ1) is 20.3. The monoisotopic (exact) mass is 421 g/mol. The highest BCUT2D eigenvalue weighted by atomic mass is 16.5. The standard InChI is InChI=1S/C22H19N3O6/c26-17-10-9-16(20(28)23-17)25-11-14-7-4-8-15(18(14)21(25)29)19(27)24-22(30)31-12-13-5-2-1-3-6-13/h1-8,16H,9-12H2,(H,23,26,28)(H,24,27,30). The quantitative estimate of drug-likeness (QED) is 0.722. The van der Waals surface area contributed by atoms with Crippen molar-refractivity contribution in [1.82, 2.24) is 15.5 Å². The van der Waals surface area contributed by atoms with Crippen molar-refractivity contribution in [2.24, 2.45) is 0 Å². The molecule has 2 N–H and O–H groups in total. The minimum Gasteiger partial charge on any atom is -0.444 e. The Morgan fingerprint density at radius 1 is 1.06 bits per heavy atom. The van der Waals surface area contributed by atoms with Crippen LogP contribution in [0, 0.1) is 0 Å². The summed E-state index contributed by atoms with van der Waals surface area (Å²) in [6.45, 7) is 0.134. The Balaban J connectivity index is 1.46. The van der Waals surface area contributed by atoms with Gasteiger partial charge in [0.25, 0.3) is 11.8 Å². The fourth-order valence-corrected chi connectivity index (χ4v) is 3.72. The molecule has 2 aliphatic heterocycles. The molecule has 2 aromatic carbocycles. The van der Waals surface area contributed by atoms with E-state index >= 15 is 0 Å². The van der Waals surface area contributed by atoms with E-state index < -0.39 is 29.9 Å². The summed E-state index contributed by atoms with van der Waals surface area (Å²) in [5, 5.41) is 4.36. The predicted molar refractivity (Wildman–Crippen MR) is 107 cm³/mol. The average Bonchev–Trinajstić information content (AvgIpc) is 3.09. The molecular weight excluding hydrogens is 402 g/mol. The van der Waals surface area contributed by atoms with Crippen LogP contribution in [0.15, 0.2) is 48.5 Å². The first-order valence-corrected chi connectivity index (χ1v) is 9.72. The van der Waals surface area contributed by atoms with Crippen LogP contribution in [-0.2, 0) is 27.5 Å². The summed E-state index contributed by atoms with van der Waals surface area (Å²) in [6, 6.07) is 12.9. The van der Waals surface area contributed by atoms with Crippen molar-refractivity contribution in [3.05, 3.63) is 70.8 Å². The van der Waals surface area contributed by atoms with Crippen molar-refractivity contribution in [2.75, 3.05) is 0 Å². The highest BCUT2D eigenvalue weighted by molar-refractivity contribution is 6.13. The molecule has 2 heterocycles. The van der Waals surface area contributed by atoms with Crippen LogP contribution in [0.1, 0.15) is 44.7 Å². The third-order valence-corrected chi connectivity index (χ3v) is 5.23. The Kier molecular flexibility index (Phi) is 5.48. The molecule has 0 saturated carbocycles. The summed E-state index contributed by atoms with van der Waals surface area (Å²) in [6.07, 6.45) is -0.576. The zero-order valence-electron chi connectivity index (χ0n) is 16.4. The number of amides is 5. The lowest BCUT2D eigenvalue weighted by atomic mass is 10.0. The van der Waals surface area contributed by atoms with E-state index in [1.807, 2.05) is 6.07 Å². The molecule has 1 fully saturated rings. The van der Waals surface area contributed by atoms with Crippen LogP contribution in [0.3, 0.4) is 0 Å². The lowest BCUT2D eigenvalue weighted by Crippen LogP contribution is -2.52. The molecule has 0 spiro atoms. The number of hydrogen-bond donors (Lipinski definition) is 2. The summed E-state index contributed by atoms with van der Waals surface area (Å²) in [4.78, 5) is 62.6. The molecule has 2 aliphatic rings. The Labute approximate surface area is 177 Å². The van der Waals surface area contributed by atoms with Gasteiger partial charge in [0.15, 0.2) is 0 Å². The van der Waals surface area contributed by atoms with Crippen LogP contribution in [-0.4, -0.2) is 40.7 Å². The number of ether oxygens (including phenoxy) is 1. The topological polar surface area (TPSA) is 122 Å². The number of benzene rings is 2. The van der Waals surface area contributed by atoms with Crippen LogP contribution in [0.5, 0.6) is 0 Å². The molecule has 1 atom stereocenters. The number of carbonyl (C=O) groups is 5. The number of nitrogens with one attached hydrogen (secondary N) is 2. The highest BCUT2D eigenvalue weighted by Gasteiger charge is 2.40. The molecule has 158 valence electrons. The number of piperidine rings is 1. The van der Waals surface area contributed by atoms with Gasteiger partial charge in [0.1, 0.15) is 12.6 Å². The van der Waals surface area contributed by atoms with Gasteiger partial charge in [0.2, 0.25) is 11.8 Å². The van der Waals surface area contributed by atoms with Gasteiger partial charge in [0.05, 0.1) is 11.1 Å². The highest BCUT2D eigenvalue weighted by Crippen LogP contribution is 2.29. The van der Waals surface area contributed by atoms with Crippen LogP contribution < -0.4 is 10.6 Å². The second kappa shape index (κ2) is 8.39. The Morgan fingerprint density at radius 3 is 2.58 bits per heavy atom. The SMILES string of the molecule is O=C1CCC(N2Cc3cccc(C(=O)NC(=O)OCc4ccccc4)c3C2=O)C(=O)N1. The summed E-state index contributed by atoms with van der Waals surface area (Å²) in [5.41, 5.74) is 1.50. The van der Waals surface area contributed by atoms with E-state index in [1.165, 1.54) is 11.0 Å². The van der Waals surface area contributed by atoms with E-state index in [1.54, 1.807) is 36.4 Å². The molecular formula is C22H19N3O6. The number of nitrogens with zero attached hydrogens (tertiary/aromatic N) is 1. The van der Waals surface area contributed by atoms with Gasteiger partial charge in [0, 0.05) is 13.0 Å². The summed E-state index contributed by atoms with van der Waals surface area (Å²) in [5.74, 6) is -2.17. The van der Waals surface area contributed by atoms with Crippen LogP contribution in [0.4, 0.5) is 4.79 Å². The zero-order valence-corrected chi connectivity index (χ0v) is 16.4. The smallest absolute Gasteiger partial charge is 0.414 e. The first-order chi connectivity index (χ1) is 14.9. The van der Waals surface area contributed by atoms with Crippen molar-refractivity contribution in [1.29, 1.82) is 0 Å². The van der Waals surface area contributed by atoms with E-state index in [4.69, 9.17) is 4.74 Å². The molecule has 1 unspecified atom stereocenters. The lowest BCUT2D eigenvalue weighted by molar-refractivity contribution is -0.136. The second-order valence-electron chi connectivity index (χ2n) is 7.26. The normalized spacial score (nSPS) is 17.7. The van der Waals surface area contributed by atoms with Crippen molar-refractivity contribution in [3.63, 3.8) is 0 Å². The number of fused-ring (bicyclic) bond motifs is 1. The molecule has 0 aliphatic carbocycles. The van der Waals surface area contributed by atoms with Crippen LogP contribution >= 0.6 is 0 Å². The van der Waals surface area contributed by atoms with E-state index in [0.29, 0.717) is 5.56 Å². The zero-order chi connectivity index (χ0) is 22.0. The molecule has 4 rings (SSSR count). The molecule has 1 saturated heterocycles. The Bertz CT molecular complexity index is 1080. The first-order valence-electron chi connectivity index (χ1n) is 9.72.